The van der Waals surface area contributed by atoms with Crippen molar-refractivity contribution in [2.45, 2.75) is 19.3 Å². The number of allylic oxidation sites excluding steroid dienone is 4. The standard InChI is InChI=1S/C22H23BrO2/c1-15-9-7-8-14-22(15,2)17-12-13-19(24-3)20(21(17)25-4)16-10-5-6-11-18(16)23/h5-15H,1-4H3. The van der Waals surface area contributed by atoms with Gasteiger partial charge in [-0.15, -0.1) is 0 Å². The van der Waals surface area contributed by atoms with E-state index in [0.29, 0.717) is 5.92 Å². The predicted molar refractivity (Wildman–Crippen MR) is 107 cm³/mol. The van der Waals surface area contributed by atoms with Crippen molar-refractivity contribution >= 4 is 15.9 Å². The Morgan fingerprint density at radius 3 is 2.40 bits per heavy atom. The van der Waals surface area contributed by atoms with Crippen LogP contribution < -0.4 is 9.47 Å². The minimum Gasteiger partial charge on any atom is -0.496 e. The van der Waals surface area contributed by atoms with Crippen LogP contribution in [0, 0.1) is 5.92 Å². The van der Waals surface area contributed by atoms with Crippen LogP contribution in [0.4, 0.5) is 0 Å². The van der Waals surface area contributed by atoms with E-state index in [1.165, 1.54) is 0 Å². The summed E-state index contributed by atoms with van der Waals surface area (Å²) in [6.45, 7) is 4.49. The van der Waals surface area contributed by atoms with Crippen molar-refractivity contribution < 1.29 is 9.47 Å². The molecule has 2 aromatic rings. The van der Waals surface area contributed by atoms with Crippen molar-refractivity contribution in [2.75, 3.05) is 14.2 Å². The Morgan fingerprint density at radius 1 is 1.00 bits per heavy atom. The molecule has 3 rings (SSSR count). The number of ether oxygens (including phenoxy) is 2. The second kappa shape index (κ2) is 7.09. The molecule has 0 saturated carbocycles. The molecule has 0 fully saturated rings. The normalized spacial score (nSPS) is 22.0. The van der Waals surface area contributed by atoms with Crippen molar-refractivity contribution in [1.29, 1.82) is 0 Å². The lowest BCUT2D eigenvalue weighted by Crippen LogP contribution is -2.29. The van der Waals surface area contributed by atoms with Gasteiger partial charge in [0.1, 0.15) is 11.5 Å². The van der Waals surface area contributed by atoms with E-state index in [0.717, 1.165) is 32.7 Å². The molecule has 0 saturated heterocycles. The summed E-state index contributed by atoms with van der Waals surface area (Å²) in [5.41, 5.74) is 3.06. The predicted octanol–water partition coefficient (Wildman–Crippen LogP) is 6.15. The maximum Gasteiger partial charge on any atom is 0.134 e. The van der Waals surface area contributed by atoms with Crippen LogP contribution in [0.25, 0.3) is 11.1 Å². The Labute approximate surface area is 158 Å². The second-order valence-corrected chi connectivity index (χ2v) is 7.37. The van der Waals surface area contributed by atoms with Crippen molar-refractivity contribution in [2.24, 2.45) is 5.92 Å². The fraction of sp³-hybridized carbons (Fsp3) is 0.273. The maximum absolute atomic E-state index is 5.94. The molecule has 25 heavy (non-hydrogen) atoms. The van der Waals surface area contributed by atoms with Crippen LogP contribution in [0.3, 0.4) is 0 Å². The molecule has 0 heterocycles. The number of hydrogen-bond acceptors (Lipinski definition) is 2. The number of halogens is 1. The monoisotopic (exact) mass is 398 g/mol. The van der Waals surface area contributed by atoms with E-state index in [2.05, 4.69) is 66.2 Å². The summed E-state index contributed by atoms with van der Waals surface area (Å²) in [7, 11) is 3.43. The van der Waals surface area contributed by atoms with Crippen LogP contribution in [-0.2, 0) is 5.41 Å². The molecule has 1 aliphatic rings. The summed E-state index contributed by atoms with van der Waals surface area (Å²) in [6.07, 6.45) is 8.71. The third kappa shape index (κ3) is 3.02. The van der Waals surface area contributed by atoms with Gasteiger partial charge in [-0.1, -0.05) is 78.3 Å². The van der Waals surface area contributed by atoms with Crippen LogP contribution in [0.15, 0.2) is 65.2 Å². The first-order valence-electron chi connectivity index (χ1n) is 8.39. The first-order chi connectivity index (χ1) is 12.0. The van der Waals surface area contributed by atoms with Gasteiger partial charge in [0.25, 0.3) is 0 Å². The Bertz CT molecular complexity index is 838. The maximum atomic E-state index is 5.94. The quantitative estimate of drug-likeness (QED) is 0.614. The van der Waals surface area contributed by atoms with E-state index in [4.69, 9.17) is 9.47 Å². The van der Waals surface area contributed by atoms with Gasteiger partial charge < -0.3 is 9.47 Å². The van der Waals surface area contributed by atoms with Gasteiger partial charge in [0.2, 0.25) is 0 Å². The van der Waals surface area contributed by atoms with Gasteiger partial charge in [-0.2, -0.15) is 0 Å². The SMILES string of the molecule is COc1ccc(C2(C)C=CC=CC2C)c(OC)c1-c1ccccc1Br. The van der Waals surface area contributed by atoms with Gasteiger partial charge in [-0.3, -0.25) is 0 Å². The molecular formula is C22H23BrO2. The minimum atomic E-state index is -0.137. The zero-order valence-electron chi connectivity index (χ0n) is 15.0. The fourth-order valence-electron chi connectivity index (χ4n) is 3.46. The van der Waals surface area contributed by atoms with Crippen LogP contribution in [0.1, 0.15) is 19.4 Å². The molecule has 130 valence electrons. The molecule has 0 amide bonds. The molecule has 3 heteroatoms. The molecule has 0 aromatic heterocycles. The Kier molecular flexibility index (Phi) is 5.05. The van der Waals surface area contributed by atoms with E-state index in [1.54, 1.807) is 14.2 Å². The summed E-state index contributed by atoms with van der Waals surface area (Å²) in [4.78, 5) is 0. The molecule has 1 aliphatic carbocycles. The van der Waals surface area contributed by atoms with Crippen LogP contribution >= 0.6 is 15.9 Å². The van der Waals surface area contributed by atoms with Gasteiger partial charge in [-0.05, 0) is 18.1 Å². The largest absolute Gasteiger partial charge is 0.496 e. The molecule has 0 N–H and O–H groups in total. The van der Waals surface area contributed by atoms with E-state index < -0.39 is 0 Å². The topological polar surface area (TPSA) is 18.5 Å². The summed E-state index contributed by atoms with van der Waals surface area (Å²) in [5, 5.41) is 0. The average molecular weight is 399 g/mol. The van der Waals surface area contributed by atoms with E-state index in [1.807, 2.05) is 24.3 Å². The second-order valence-electron chi connectivity index (χ2n) is 6.52. The van der Waals surface area contributed by atoms with E-state index >= 15 is 0 Å². The molecule has 0 spiro atoms. The number of benzene rings is 2. The van der Waals surface area contributed by atoms with Crippen LogP contribution in [0.5, 0.6) is 11.5 Å². The molecule has 2 unspecified atom stereocenters. The Hall–Kier alpha value is -2.00. The van der Waals surface area contributed by atoms with Crippen molar-refractivity contribution in [1.82, 2.24) is 0 Å². The minimum absolute atomic E-state index is 0.137. The van der Waals surface area contributed by atoms with Gasteiger partial charge in [0.05, 0.1) is 19.8 Å². The van der Waals surface area contributed by atoms with Gasteiger partial charge in [0, 0.05) is 21.0 Å². The van der Waals surface area contributed by atoms with Crippen LogP contribution in [-0.4, -0.2) is 14.2 Å². The molecular weight excluding hydrogens is 376 g/mol. The lowest BCUT2D eigenvalue weighted by Gasteiger charge is -2.35. The smallest absolute Gasteiger partial charge is 0.134 e. The Balaban J connectivity index is 2.30. The number of methoxy groups -OCH3 is 2. The highest BCUT2D eigenvalue weighted by Gasteiger charge is 2.35. The van der Waals surface area contributed by atoms with Gasteiger partial charge in [-0.25, -0.2) is 0 Å². The average Bonchev–Trinajstić information content (AvgIpc) is 2.63. The zero-order chi connectivity index (χ0) is 18.0. The highest BCUT2D eigenvalue weighted by Crippen LogP contribution is 2.49. The lowest BCUT2D eigenvalue weighted by molar-refractivity contribution is 0.374. The van der Waals surface area contributed by atoms with Crippen molar-refractivity contribution in [3.05, 3.63) is 70.7 Å². The number of hydrogen-bond donors (Lipinski definition) is 0. The van der Waals surface area contributed by atoms with E-state index in [9.17, 15) is 0 Å². The highest BCUT2D eigenvalue weighted by molar-refractivity contribution is 9.10. The summed E-state index contributed by atoms with van der Waals surface area (Å²) in [6, 6.07) is 12.3. The third-order valence-corrected chi connectivity index (χ3v) is 5.86. The molecule has 0 radical (unpaired) electrons. The Morgan fingerprint density at radius 2 is 1.76 bits per heavy atom. The van der Waals surface area contributed by atoms with Crippen molar-refractivity contribution in [3.63, 3.8) is 0 Å². The molecule has 2 atom stereocenters. The first-order valence-corrected chi connectivity index (χ1v) is 9.18. The summed E-state index contributed by atoms with van der Waals surface area (Å²) >= 11 is 3.67. The van der Waals surface area contributed by atoms with Crippen LogP contribution in [0.2, 0.25) is 0 Å². The highest BCUT2D eigenvalue weighted by atomic mass is 79.9. The van der Waals surface area contributed by atoms with Crippen molar-refractivity contribution in [3.8, 4) is 22.6 Å². The molecule has 0 aliphatic heterocycles. The zero-order valence-corrected chi connectivity index (χ0v) is 16.6. The van der Waals surface area contributed by atoms with Gasteiger partial charge in [0.15, 0.2) is 0 Å². The lowest BCUT2D eigenvalue weighted by atomic mass is 9.69. The van der Waals surface area contributed by atoms with Gasteiger partial charge >= 0.3 is 0 Å². The van der Waals surface area contributed by atoms with E-state index in [-0.39, 0.29) is 5.41 Å². The fourth-order valence-corrected chi connectivity index (χ4v) is 3.95. The summed E-state index contributed by atoms with van der Waals surface area (Å²) in [5.74, 6) is 2.03. The molecule has 0 bridgehead atoms. The third-order valence-electron chi connectivity index (χ3n) is 5.17. The molecule has 2 nitrogen and oxygen atoms in total. The number of rotatable bonds is 4. The summed E-state index contributed by atoms with van der Waals surface area (Å²) < 4.78 is 12.6. The molecule has 2 aromatic carbocycles. The first kappa shape index (κ1) is 17.8.